The Morgan fingerprint density at radius 3 is 2.44 bits per heavy atom. The lowest BCUT2D eigenvalue weighted by Crippen LogP contribution is -2.41. The van der Waals surface area contributed by atoms with E-state index in [9.17, 15) is 9.59 Å². The average Bonchev–Trinajstić information content (AvgIpc) is 2.26. The van der Waals surface area contributed by atoms with Gasteiger partial charge >= 0.3 is 0 Å². The zero-order chi connectivity index (χ0) is 12.0. The summed E-state index contributed by atoms with van der Waals surface area (Å²) < 4.78 is 0. The van der Waals surface area contributed by atoms with Crippen molar-refractivity contribution in [1.29, 1.82) is 0 Å². The molecule has 0 aromatic heterocycles. The van der Waals surface area contributed by atoms with Crippen LogP contribution >= 0.6 is 0 Å². The molecule has 0 unspecified atom stereocenters. The minimum Gasteiger partial charge on any atom is -0.274 e. The van der Waals surface area contributed by atoms with Gasteiger partial charge in [-0.05, 0) is 11.6 Å². The summed E-state index contributed by atoms with van der Waals surface area (Å²) in [5.74, 6) is -0.553. The number of likely N-dealkylation sites (N-methyl/N-ethyl adjacent to an activating group) is 1. The van der Waals surface area contributed by atoms with E-state index in [4.69, 9.17) is 0 Å². The normalized spacial score (nSPS) is 10.1. The Balaban J connectivity index is 2.57. The second kappa shape index (κ2) is 5.70. The van der Waals surface area contributed by atoms with Crippen LogP contribution in [0.15, 0.2) is 36.4 Å². The van der Waals surface area contributed by atoms with E-state index in [-0.39, 0.29) is 11.8 Å². The van der Waals surface area contributed by atoms with Gasteiger partial charge in [0, 0.05) is 20.0 Å². The molecule has 0 aliphatic rings. The van der Waals surface area contributed by atoms with E-state index in [1.165, 1.54) is 20.0 Å². The van der Waals surface area contributed by atoms with E-state index in [0.717, 1.165) is 10.6 Å². The topological polar surface area (TPSA) is 49.4 Å². The van der Waals surface area contributed by atoms with E-state index in [0.29, 0.717) is 0 Å². The minimum atomic E-state index is -0.279. The highest BCUT2D eigenvalue weighted by atomic mass is 16.2. The first kappa shape index (κ1) is 12.0. The molecule has 0 saturated carbocycles. The van der Waals surface area contributed by atoms with Crippen molar-refractivity contribution >= 4 is 17.9 Å². The molecule has 0 heterocycles. The van der Waals surface area contributed by atoms with Crippen LogP contribution in [0, 0.1) is 0 Å². The number of nitrogens with zero attached hydrogens (tertiary/aromatic N) is 1. The molecule has 4 nitrogen and oxygen atoms in total. The maximum atomic E-state index is 11.5. The summed E-state index contributed by atoms with van der Waals surface area (Å²) >= 11 is 0. The molecule has 0 spiro atoms. The molecule has 1 N–H and O–H groups in total. The summed E-state index contributed by atoms with van der Waals surface area (Å²) in [5.41, 5.74) is 3.31. The van der Waals surface area contributed by atoms with Crippen molar-refractivity contribution in [3.8, 4) is 0 Å². The van der Waals surface area contributed by atoms with E-state index in [2.05, 4.69) is 5.43 Å². The van der Waals surface area contributed by atoms with Crippen molar-refractivity contribution < 1.29 is 9.59 Å². The summed E-state index contributed by atoms with van der Waals surface area (Å²) in [6.45, 7) is 1.35. The molecule has 0 atom stereocenters. The number of benzene rings is 1. The van der Waals surface area contributed by atoms with Crippen molar-refractivity contribution in [2.45, 2.75) is 6.92 Å². The molecule has 4 heteroatoms. The van der Waals surface area contributed by atoms with Crippen molar-refractivity contribution in [2.24, 2.45) is 0 Å². The number of carbonyl (C=O) groups is 2. The standard InChI is InChI=1S/C12H14N2O2/c1-10(15)13-14(2)12(16)9-8-11-6-4-3-5-7-11/h3-9H,1-2H3,(H,13,15)/b9-8+. The van der Waals surface area contributed by atoms with Crippen LogP contribution in [-0.2, 0) is 9.59 Å². The van der Waals surface area contributed by atoms with Gasteiger partial charge in [-0.25, -0.2) is 0 Å². The molecule has 0 aliphatic heterocycles. The Bertz CT molecular complexity index is 399. The summed E-state index contributed by atoms with van der Waals surface area (Å²) in [7, 11) is 1.50. The van der Waals surface area contributed by atoms with Crippen molar-refractivity contribution in [3.63, 3.8) is 0 Å². The van der Waals surface area contributed by atoms with E-state index >= 15 is 0 Å². The quantitative estimate of drug-likeness (QED) is 0.599. The number of hydrogen-bond acceptors (Lipinski definition) is 2. The van der Waals surface area contributed by atoms with Crippen LogP contribution in [0.3, 0.4) is 0 Å². The molecule has 2 amide bonds. The number of amides is 2. The maximum absolute atomic E-state index is 11.5. The number of hydrogen-bond donors (Lipinski definition) is 1. The third kappa shape index (κ3) is 3.96. The molecular weight excluding hydrogens is 204 g/mol. The minimum absolute atomic E-state index is 0.274. The number of carbonyl (C=O) groups excluding carboxylic acids is 2. The van der Waals surface area contributed by atoms with Gasteiger partial charge in [0.2, 0.25) is 5.91 Å². The Hall–Kier alpha value is -2.10. The Kier molecular flexibility index (Phi) is 4.27. The lowest BCUT2D eigenvalue weighted by molar-refractivity contribution is -0.135. The first-order valence-corrected chi connectivity index (χ1v) is 4.87. The first-order chi connectivity index (χ1) is 7.59. The maximum Gasteiger partial charge on any atom is 0.264 e. The van der Waals surface area contributed by atoms with Gasteiger partial charge in [0.05, 0.1) is 0 Å². The van der Waals surface area contributed by atoms with E-state index in [1.807, 2.05) is 30.3 Å². The largest absolute Gasteiger partial charge is 0.274 e. The summed E-state index contributed by atoms with van der Waals surface area (Å²) in [5, 5.41) is 1.14. The Morgan fingerprint density at radius 2 is 1.88 bits per heavy atom. The van der Waals surface area contributed by atoms with Gasteiger partial charge in [-0.15, -0.1) is 0 Å². The van der Waals surface area contributed by atoms with Gasteiger partial charge in [0.1, 0.15) is 0 Å². The summed E-state index contributed by atoms with van der Waals surface area (Å²) in [6, 6.07) is 9.47. The smallest absolute Gasteiger partial charge is 0.264 e. The van der Waals surface area contributed by atoms with Crippen molar-refractivity contribution in [2.75, 3.05) is 7.05 Å². The molecule has 0 aliphatic carbocycles. The second-order valence-electron chi connectivity index (χ2n) is 3.31. The lowest BCUT2D eigenvalue weighted by atomic mass is 10.2. The predicted octanol–water partition coefficient (Wildman–Crippen LogP) is 1.21. The number of nitrogens with one attached hydrogen (secondary N) is 1. The fourth-order valence-corrected chi connectivity index (χ4v) is 1.13. The van der Waals surface area contributed by atoms with Gasteiger partial charge in [0.15, 0.2) is 0 Å². The van der Waals surface area contributed by atoms with Crippen LogP contribution in [0.1, 0.15) is 12.5 Å². The van der Waals surface area contributed by atoms with Gasteiger partial charge in [-0.2, -0.15) is 0 Å². The molecule has 0 fully saturated rings. The molecule has 1 aromatic rings. The van der Waals surface area contributed by atoms with E-state index in [1.54, 1.807) is 6.08 Å². The van der Waals surface area contributed by atoms with Crippen molar-refractivity contribution in [1.82, 2.24) is 10.4 Å². The average molecular weight is 218 g/mol. The highest BCUT2D eigenvalue weighted by Crippen LogP contribution is 2.00. The molecule has 1 aromatic carbocycles. The van der Waals surface area contributed by atoms with E-state index < -0.39 is 0 Å². The van der Waals surface area contributed by atoms with Gasteiger partial charge in [-0.3, -0.25) is 20.0 Å². The number of hydrazine groups is 1. The third-order valence-corrected chi connectivity index (χ3v) is 1.87. The fourth-order valence-electron chi connectivity index (χ4n) is 1.13. The molecular formula is C12H14N2O2. The zero-order valence-electron chi connectivity index (χ0n) is 9.31. The van der Waals surface area contributed by atoms with Gasteiger partial charge in [-0.1, -0.05) is 30.3 Å². The third-order valence-electron chi connectivity index (χ3n) is 1.87. The van der Waals surface area contributed by atoms with Crippen LogP contribution in [-0.4, -0.2) is 23.9 Å². The van der Waals surface area contributed by atoms with Crippen LogP contribution in [0.2, 0.25) is 0 Å². The summed E-state index contributed by atoms with van der Waals surface area (Å²) in [6.07, 6.45) is 3.10. The van der Waals surface area contributed by atoms with Crippen LogP contribution in [0.25, 0.3) is 6.08 Å². The lowest BCUT2D eigenvalue weighted by Gasteiger charge is -2.14. The molecule has 1 rings (SSSR count). The van der Waals surface area contributed by atoms with Crippen LogP contribution < -0.4 is 5.43 Å². The highest BCUT2D eigenvalue weighted by molar-refractivity contribution is 5.92. The Morgan fingerprint density at radius 1 is 1.25 bits per heavy atom. The molecule has 84 valence electrons. The monoisotopic (exact) mass is 218 g/mol. The van der Waals surface area contributed by atoms with Crippen LogP contribution in [0.5, 0.6) is 0 Å². The SMILES string of the molecule is CC(=O)NN(C)C(=O)/C=C/c1ccccc1. The Labute approximate surface area is 94.5 Å². The van der Waals surface area contributed by atoms with Crippen molar-refractivity contribution in [3.05, 3.63) is 42.0 Å². The zero-order valence-corrected chi connectivity index (χ0v) is 9.31. The molecule has 0 saturated heterocycles. The predicted molar refractivity (Wildman–Crippen MR) is 62.1 cm³/mol. The summed E-state index contributed by atoms with van der Waals surface area (Å²) in [4.78, 5) is 22.2. The fraction of sp³-hybridized carbons (Fsp3) is 0.167. The number of rotatable bonds is 2. The molecule has 16 heavy (non-hydrogen) atoms. The second-order valence-corrected chi connectivity index (χ2v) is 3.31. The highest BCUT2D eigenvalue weighted by Gasteiger charge is 2.04. The van der Waals surface area contributed by atoms with Gasteiger partial charge in [0.25, 0.3) is 5.91 Å². The van der Waals surface area contributed by atoms with Crippen LogP contribution in [0.4, 0.5) is 0 Å². The van der Waals surface area contributed by atoms with Gasteiger partial charge < -0.3 is 0 Å². The first-order valence-electron chi connectivity index (χ1n) is 4.87. The molecule has 0 bridgehead atoms. The molecule has 0 radical (unpaired) electrons.